The quantitative estimate of drug-likeness (QED) is 0.638. The molecule has 1 fully saturated rings. The molecule has 1 amide bonds. The van der Waals surface area contributed by atoms with Gasteiger partial charge in [-0.2, -0.15) is 5.10 Å². The van der Waals surface area contributed by atoms with E-state index in [4.69, 9.17) is 4.74 Å². The molecule has 0 aliphatic carbocycles. The van der Waals surface area contributed by atoms with E-state index in [2.05, 4.69) is 10.1 Å². The van der Waals surface area contributed by atoms with Gasteiger partial charge >= 0.3 is 0 Å². The summed E-state index contributed by atoms with van der Waals surface area (Å²) < 4.78 is 6.76. The number of Topliss-reactive ketones (excluding diaryl/α,β-unsaturated/α-hetero) is 1. The van der Waals surface area contributed by atoms with Gasteiger partial charge in [0.1, 0.15) is 24.9 Å². The number of hydrogen-bond acceptors (Lipinski definition) is 5. The summed E-state index contributed by atoms with van der Waals surface area (Å²) in [6, 6.07) is 11.5. The summed E-state index contributed by atoms with van der Waals surface area (Å²) in [5.74, 6) is 0.675. The van der Waals surface area contributed by atoms with Gasteiger partial charge in [0, 0.05) is 24.6 Å². The summed E-state index contributed by atoms with van der Waals surface area (Å²) in [4.78, 5) is 31.2. The minimum absolute atomic E-state index is 0.0337. The van der Waals surface area contributed by atoms with Crippen LogP contribution in [0.3, 0.4) is 0 Å². The molecule has 144 valence electrons. The molecular weight excluding hydrogens is 356 g/mol. The number of piperidine rings is 1. The number of amides is 1. The highest BCUT2D eigenvalue weighted by atomic mass is 16.5. The molecule has 1 saturated heterocycles. The molecule has 1 aliphatic heterocycles. The lowest BCUT2D eigenvalue weighted by molar-refractivity contribution is -0.133. The lowest BCUT2D eigenvalue weighted by Crippen LogP contribution is -2.43. The van der Waals surface area contributed by atoms with Crippen molar-refractivity contribution in [1.82, 2.24) is 19.7 Å². The second-order valence-corrected chi connectivity index (χ2v) is 7.06. The van der Waals surface area contributed by atoms with Crippen molar-refractivity contribution in [2.45, 2.75) is 19.4 Å². The third kappa shape index (κ3) is 3.74. The number of ketones is 1. The molecule has 7 heteroatoms. The second-order valence-electron chi connectivity index (χ2n) is 7.06. The summed E-state index contributed by atoms with van der Waals surface area (Å²) in [5, 5.41) is 6.01. The van der Waals surface area contributed by atoms with E-state index in [0.29, 0.717) is 18.7 Å². The summed E-state index contributed by atoms with van der Waals surface area (Å²) in [7, 11) is 1.64. The van der Waals surface area contributed by atoms with Crippen molar-refractivity contribution in [3.8, 4) is 5.75 Å². The van der Waals surface area contributed by atoms with Crippen molar-refractivity contribution >= 4 is 22.5 Å². The average molecular weight is 378 g/mol. The smallest absolute Gasteiger partial charge is 0.244 e. The number of ether oxygens (including phenoxy) is 1. The van der Waals surface area contributed by atoms with Crippen molar-refractivity contribution in [3.63, 3.8) is 0 Å². The van der Waals surface area contributed by atoms with Gasteiger partial charge in [0.05, 0.1) is 7.11 Å². The Balaban J connectivity index is 1.47. The number of aromatic nitrogens is 3. The first-order chi connectivity index (χ1) is 13.6. The van der Waals surface area contributed by atoms with Gasteiger partial charge in [0.2, 0.25) is 5.91 Å². The molecule has 0 bridgehead atoms. The molecule has 1 aliphatic rings. The van der Waals surface area contributed by atoms with E-state index in [1.807, 2.05) is 36.4 Å². The van der Waals surface area contributed by atoms with Crippen molar-refractivity contribution < 1.29 is 14.3 Å². The van der Waals surface area contributed by atoms with Gasteiger partial charge in [-0.3, -0.25) is 9.59 Å². The Labute approximate surface area is 162 Å². The third-order valence-corrected chi connectivity index (χ3v) is 5.24. The summed E-state index contributed by atoms with van der Waals surface area (Å²) in [5.41, 5.74) is 0.688. The van der Waals surface area contributed by atoms with Crippen LogP contribution in [0.25, 0.3) is 10.8 Å². The second kappa shape index (κ2) is 7.80. The fourth-order valence-electron chi connectivity index (χ4n) is 3.71. The largest absolute Gasteiger partial charge is 0.497 e. The van der Waals surface area contributed by atoms with Gasteiger partial charge in [-0.05, 0) is 41.8 Å². The molecule has 4 rings (SSSR count). The van der Waals surface area contributed by atoms with E-state index in [1.165, 1.54) is 17.3 Å². The third-order valence-electron chi connectivity index (χ3n) is 5.24. The predicted octanol–water partition coefficient (Wildman–Crippen LogP) is 2.56. The van der Waals surface area contributed by atoms with Crippen molar-refractivity contribution in [2.75, 3.05) is 20.2 Å². The average Bonchev–Trinajstić information content (AvgIpc) is 3.25. The van der Waals surface area contributed by atoms with E-state index in [9.17, 15) is 9.59 Å². The standard InChI is InChI=1S/C21H22N4O3/c1-28-19-7-6-15-9-17(5-4-16(15)10-19)21(27)18-3-2-8-24(11-18)20(26)12-25-14-22-13-23-25/h4-7,9-10,13-14,18H,2-3,8,11-12H2,1H3. The van der Waals surface area contributed by atoms with Crippen LogP contribution in [0, 0.1) is 5.92 Å². The van der Waals surface area contributed by atoms with Crippen LogP contribution < -0.4 is 4.74 Å². The molecule has 0 N–H and O–H groups in total. The van der Waals surface area contributed by atoms with Crippen LogP contribution in [0.15, 0.2) is 49.1 Å². The Hall–Kier alpha value is -3.22. The Kier molecular flexibility index (Phi) is 5.06. The molecule has 0 radical (unpaired) electrons. The molecule has 0 saturated carbocycles. The minimum Gasteiger partial charge on any atom is -0.497 e. The van der Waals surface area contributed by atoms with Crippen LogP contribution in [-0.2, 0) is 11.3 Å². The van der Waals surface area contributed by atoms with Gasteiger partial charge in [0.15, 0.2) is 5.78 Å². The highest BCUT2D eigenvalue weighted by Crippen LogP contribution is 2.25. The lowest BCUT2D eigenvalue weighted by Gasteiger charge is -2.32. The number of nitrogens with zero attached hydrogens (tertiary/aromatic N) is 4. The van der Waals surface area contributed by atoms with Gasteiger partial charge < -0.3 is 9.64 Å². The Morgan fingerprint density at radius 3 is 2.79 bits per heavy atom. The molecule has 7 nitrogen and oxygen atoms in total. The number of fused-ring (bicyclic) bond motifs is 1. The summed E-state index contributed by atoms with van der Waals surface area (Å²) in [6.45, 7) is 1.28. The fourth-order valence-corrected chi connectivity index (χ4v) is 3.71. The maximum Gasteiger partial charge on any atom is 0.244 e. The first kappa shape index (κ1) is 18.2. The van der Waals surface area contributed by atoms with E-state index in [1.54, 1.807) is 12.0 Å². The highest BCUT2D eigenvalue weighted by molar-refractivity contribution is 6.01. The van der Waals surface area contributed by atoms with Crippen LogP contribution in [0.4, 0.5) is 0 Å². The Morgan fingerprint density at radius 2 is 2.00 bits per heavy atom. The molecular formula is C21H22N4O3. The zero-order valence-electron chi connectivity index (χ0n) is 15.7. The SMILES string of the molecule is COc1ccc2cc(C(=O)C3CCCN(C(=O)Cn4cncn4)C3)ccc2c1. The number of carbonyl (C=O) groups is 2. The summed E-state index contributed by atoms with van der Waals surface area (Å²) >= 11 is 0. The van der Waals surface area contributed by atoms with E-state index < -0.39 is 0 Å². The number of likely N-dealkylation sites (tertiary alicyclic amines) is 1. The predicted molar refractivity (Wildman–Crippen MR) is 104 cm³/mol. The maximum atomic E-state index is 13.1. The molecule has 1 unspecified atom stereocenters. The van der Waals surface area contributed by atoms with Gasteiger partial charge in [0.25, 0.3) is 0 Å². The minimum atomic E-state index is -0.177. The molecule has 3 aromatic rings. The van der Waals surface area contributed by atoms with Gasteiger partial charge in [-0.25, -0.2) is 9.67 Å². The number of rotatable bonds is 5. The zero-order valence-corrected chi connectivity index (χ0v) is 15.7. The van der Waals surface area contributed by atoms with Gasteiger partial charge in [-0.1, -0.05) is 18.2 Å². The number of hydrogen-bond donors (Lipinski definition) is 0. The zero-order chi connectivity index (χ0) is 19.5. The first-order valence-electron chi connectivity index (χ1n) is 9.36. The Bertz CT molecular complexity index is 1000. The van der Waals surface area contributed by atoms with Crippen LogP contribution in [-0.4, -0.2) is 51.6 Å². The molecule has 0 spiro atoms. The van der Waals surface area contributed by atoms with E-state index in [0.717, 1.165) is 29.4 Å². The molecule has 2 aromatic carbocycles. The number of benzene rings is 2. The van der Waals surface area contributed by atoms with E-state index in [-0.39, 0.29) is 24.2 Å². The fraction of sp³-hybridized carbons (Fsp3) is 0.333. The van der Waals surface area contributed by atoms with Crippen LogP contribution in [0.5, 0.6) is 5.75 Å². The van der Waals surface area contributed by atoms with Crippen molar-refractivity contribution in [1.29, 1.82) is 0 Å². The van der Waals surface area contributed by atoms with E-state index >= 15 is 0 Å². The van der Waals surface area contributed by atoms with Crippen molar-refractivity contribution in [3.05, 3.63) is 54.6 Å². The van der Waals surface area contributed by atoms with Crippen LogP contribution >= 0.6 is 0 Å². The monoisotopic (exact) mass is 378 g/mol. The van der Waals surface area contributed by atoms with Gasteiger partial charge in [-0.15, -0.1) is 0 Å². The first-order valence-corrected chi connectivity index (χ1v) is 9.36. The topological polar surface area (TPSA) is 77.3 Å². The Morgan fingerprint density at radius 1 is 1.18 bits per heavy atom. The summed E-state index contributed by atoms with van der Waals surface area (Å²) in [6.07, 6.45) is 4.55. The normalized spacial score (nSPS) is 16.9. The van der Waals surface area contributed by atoms with Crippen molar-refractivity contribution in [2.24, 2.45) is 5.92 Å². The van der Waals surface area contributed by atoms with Crippen LogP contribution in [0.1, 0.15) is 23.2 Å². The molecule has 1 aromatic heterocycles. The molecule has 2 heterocycles. The lowest BCUT2D eigenvalue weighted by atomic mass is 9.89. The molecule has 1 atom stereocenters. The van der Waals surface area contributed by atoms with Crippen LogP contribution in [0.2, 0.25) is 0 Å². The highest BCUT2D eigenvalue weighted by Gasteiger charge is 2.29. The molecule has 28 heavy (non-hydrogen) atoms. The number of methoxy groups -OCH3 is 1. The number of carbonyl (C=O) groups excluding carboxylic acids is 2. The maximum absolute atomic E-state index is 13.1.